The van der Waals surface area contributed by atoms with Gasteiger partial charge in [0.25, 0.3) is 5.95 Å². The van der Waals surface area contributed by atoms with Gasteiger partial charge >= 0.3 is 0 Å². The van der Waals surface area contributed by atoms with Gasteiger partial charge in [-0.2, -0.15) is 0 Å². The first-order chi connectivity index (χ1) is 8.16. The average Bonchev–Trinajstić information content (AvgIpc) is 2.67. The van der Waals surface area contributed by atoms with E-state index in [-0.39, 0.29) is 23.7 Å². The van der Waals surface area contributed by atoms with Gasteiger partial charge in [0, 0.05) is 6.42 Å². The number of ketones is 1. The summed E-state index contributed by atoms with van der Waals surface area (Å²) in [4.78, 5) is 11.7. The Morgan fingerprint density at radius 2 is 1.88 bits per heavy atom. The van der Waals surface area contributed by atoms with Crippen molar-refractivity contribution in [3.8, 4) is 11.7 Å². The van der Waals surface area contributed by atoms with Crippen molar-refractivity contribution in [2.75, 3.05) is 0 Å². The lowest BCUT2D eigenvalue weighted by atomic mass is 10.1. The zero-order chi connectivity index (χ0) is 12.3. The molecule has 0 aliphatic carbocycles. The van der Waals surface area contributed by atoms with Crippen LogP contribution in [0.5, 0.6) is 11.7 Å². The minimum atomic E-state index is -0.453. The van der Waals surface area contributed by atoms with Crippen LogP contribution < -0.4 is 0 Å². The molecule has 0 unspecified atom stereocenters. The summed E-state index contributed by atoms with van der Waals surface area (Å²) in [6, 6.07) is 10.6. The van der Waals surface area contributed by atoms with E-state index in [9.17, 15) is 9.90 Å². The molecule has 88 valence electrons. The van der Waals surface area contributed by atoms with E-state index in [4.69, 9.17) is 9.52 Å². The highest BCUT2D eigenvalue weighted by Crippen LogP contribution is 2.27. The average molecular weight is 232 g/mol. The molecule has 0 aliphatic rings. The topological polar surface area (TPSA) is 70.7 Å². The third-order valence-corrected chi connectivity index (χ3v) is 2.44. The zero-order valence-electron chi connectivity index (χ0n) is 9.09. The minimum absolute atomic E-state index is 0.182. The number of rotatable bonds is 4. The quantitative estimate of drug-likeness (QED) is 0.794. The van der Waals surface area contributed by atoms with E-state index in [2.05, 4.69) is 0 Å². The van der Waals surface area contributed by atoms with Crippen LogP contribution in [0.4, 0.5) is 0 Å². The maximum atomic E-state index is 11.7. The third-order valence-electron chi connectivity index (χ3n) is 2.44. The molecule has 2 rings (SSSR count). The molecule has 4 heteroatoms. The SMILES string of the molecule is O=C(CCc1ccccc1)c1oc(O)cc1O. The maximum absolute atomic E-state index is 11.7. The molecule has 1 heterocycles. The maximum Gasteiger partial charge on any atom is 0.286 e. The van der Waals surface area contributed by atoms with E-state index < -0.39 is 5.95 Å². The molecule has 0 aliphatic heterocycles. The molecule has 1 aromatic carbocycles. The molecule has 0 fully saturated rings. The van der Waals surface area contributed by atoms with E-state index in [1.165, 1.54) is 0 Å². The molecular weight excluding hydrogens is 220 g/mol. The van der Waals surface area contributed by atoms with Gasteiger partial charge in [0.2, 0.25) is 11.5 Å². The summed E-state index contributed by atoms with van der Waals surface area (Å²) in [5.74, 6) is -1.28. The standard InChI is InChI=1S/C13H12O4/c14-10(13-11(15)8-12(16)17-13)7-6-9-4-2-1-3-5-9/h1-5,8,15-16H,6-7H2. The van der Waals surface area contributed by atoms with Crippen molar-refractivity contribution in [2.24, 2.45) is 0 Å². The minimum Gasteiger partial charge on any atom is -0.504 e. The van der Waals surface area contributed by atoms with Crippen LogP contribution in [0.25, 0.3) is 0 Å². The number of furan rings is 1. The van der Waals surface area contributed by atoms with Crippen molar-refractivity contribution < 1.29 is 19.4 Å². The van der Waals surface area contributed by atoms with Crippen LogP contribution >= 0.6 is 0 Å². The number of benzene rings is 1. The highest BCUT2D eigenvalue weighted by molar-refractivity contribution is 5.96. The first kappa shape index (κ1) is 11.3. The molecule has 0 radical (unpaired) electrons. The molecule has 2 aromatic rings. The van der Waals surface area contributed by atoms with E-state index in [0.29, 0.717) is 6.42 Å². The fraction of sp³-hybridized carbons (Fsp3) is 0.154. The van der Waals surface area contributed by atoms with Gasteiger partial charge in [-0.05, 0) is 12.0 Å². The van der Waals surface area contributed by atoms with Gasteiger partial charge in [-0.25, -0.2) is 0 Å². The Bertz CT molecular complexity index is 513. The Labute approximate surface area is 98.1 Å². The lowest BCUT2D eigenvalue weighted by Crippen LogP contribution is -1.99. The summed E-state index contributed by atoms with van der Waals surface area (Å²) >= 11 is 0. The van der Waals surface area contributed by atoms with Gasteiger partial charge in [0.05, 0.1) is 6.07 Å². The Hall–Kier alpha value is -2.23. The predicted molar refractivity (Wildman–Crippen MR) is 61.1 cm³/mol. The number of aromatic hydroxyl groups is 2. The second-order valence-corrected chi connectivity index (χ2v) is 3.71. The van der Waals surface area contributed by atoms with E-state index in [1.807, 2.05) is 30.3 Å². The van der Waals surface area contributed by atoms with E-state index >= 15 is 0 Å². The molecule has 0 amide bonds. The van der Waals surface area contributed by atoms with Crippen LogP contribution in [0, 0.1) is 0 Å². The lowest BCUT2D eigenvalue weighted by Gasteiger charge is -1.99. The number of carbonyl (C=O) groups excluding carboxylic acids is 1. The highest BCUT2D eigenvalue weighted by Gasteiger charge is 2.17. The summed E-state index contributed by atoms with van der Waals surface area (Å²) < 4.78 is 4.72. The van der Waals surface area contributed by atoms with Crippen molar-refractivity contribution >= 4 is 5.78 Å². The molecule has 2 N–H and O–H groups in total. The zero-order valence-corrected chi connectivity index (χ0v) is 9.09. The number of Topliss-reactive ketones (excluding diaryl/α,β-unsaturated/α-hetero) is 1. The summed E-state index contributed by atoms with van der Waals surface area (Å²) in [7, 11) is 0. The second kappa shape index (κ2) is 4.74. The van der Waals surface area contributed by atoms with Gasteiger partial charge < -0.3 is 14.6 Å². The van der Waals surface area contributed by atoms with E-state index in [0.717, 1.165) is 11.6 Å². The molecule has 1 aromatic heterocycles. The number of hydrogen-bond donors (Lipinski definition) is 2. The molecule has 0 saturated heterocycles. The van der Waals surface area contributed by atoms with Crippen molar-refractivity contribution in [2.45, 2.75) is 12.8 Å². The Morgan fingerprint density at radius 1 is 1.18 bits per heavy atom. The smallest absolute Gasteiger partial charge is 0.286 e. The summed E-state index contributed by atoms with van der Waals surface area (Å²) in [5, 5.41) is 18.3. The number of hydrogen-bond acceptors (Lipinski definition) is 4. The molecule has 17 heavy (non-hydrogen) atoms. The van der Waals surface area contributed by atoms with Gasteiger partial charge in [-0.1, -0.05) is 30.3 Å². The fourth-order valence-electron chi connectivity index (χ4n) is 1.58. The van der Waals surface area contributed by atoms with Gasteiger partial charge in [0.15, 0.2) is 5.75 Å². The van der Waals surface area contributed by atoms with Crippen molar-refractivity contribution in [3.05, 3.63) is 47.7 Å². The van der Waals surface area contributed by atoms with Gasteiger partial charge in [-0.3, -0.25) is 4.79 Å². The van der Waals surface area contributed by atoms with Crippen molar-refractivity contribution in [1.29, 1.82) is 0 Å². The monoisotopic (exact) mass is 232 g/mol. The highest BCUT2D eigenvalue weighted by atomic mass is 16.5. The summed E-state index contributed by atoms with van der Waals surface area (Å²) in [6.45, 7) is 0. The molecule has 0 bridgehead atoms. The largest absolute Gasteiger partial charge is 0.504 e. The first-order valence-corrected chi connectivity index (χ1v) is 5.25. The first-order valence-electron chi connectivity index (χ1n) is 5.25. The van der Waals surface area contributed by atoms with Crippen LogP contribution in [-0.4, -0.2) is 16.0 Å². The Balaban J connectivity index is 2.01. The van der Waals surface area contributed by atoms with Crippen LogP contribution in [0.3, 0.4) is 0 Å². The molecule has 0 saturated carbocycles. The lowest BCUT2D eigenvalue weighted by molar-refractivity contribution is 0.0946. The van der Waals surface area contributed by atoms with Crippen molar-refractivity contribution in [3.63, 3.8) is 0 Å². The van der Waals surface area contributed by atoms with Gasteiger partial charge in [0.1, 0.15) is 0 Å². The van der Waals surface area contributed by atoms with E-state index in [1.54, 1.807) is 0 Å². The van der Waals surface area contributed by atoms with Gasteiger partial charge in [-0.15, -0.1) is 0 Å². The predicted octanol–water partition coefficient (Wildman–Crippen LogP) is 2.51. The molecule has 0 atom stereocenters. The molecular formula is C13H12O4. The Morgan fingerprint density at radius 3 is 2.47 bits per heavy atom. The van der Waals surface area contributed by atoms with Crippen molar-refractivity contribution in [1.82, 2.24) is 0 Å². The van der Waals surface area contributed by atoms with Crippen LogP contribution in [0.15, 0.2) is 40.8 Å². The van der Waals surface area contributed by atoms with Crippen LogP contribution in [0.2, 0.25) is 0 Å². The number of carbonyl (C=O) groups is 1. The second-order valence-electron chi connectivity index (χ2n) is 3.71. The fourth-order valence-corrected chi connectivity index (χ4v) is 1.58. The van der Waals surface area contributed by atoms with Crippen LogP contribution in [-0.2, 0) is 6.42 Å². The molecule has 4 nitrogen and oxygen atoms in total. The Kier molecular flexibility index (Phi) is 3.14. The summed E-state index contributed by atoms with van der Waals surface area (Å²) in [5.41, 5.74) is 1.04. The van der Waals surface area contributed by atoms with Crippen LogP contribution in [0.1, 0.15) is 22.5 Å². The third kappa shape index (κ3) is 2.66. The normalized spacial score (nSPS) is 10.4. The molecule has 0 spiro atoms. The number of aryl methyl sites for hydroxylation is 1. The summed E-state index contributed by atoms with van der Waals surface area (Å²) in [6.07, 6.45) is 0.797.